The van der Waals surface area contributed by atoms with Gasteiger partial charge in [0.05, 0.1) is 18.6 Å². The highest BCUT2D eigenvalue weighted by molar-refractivity contribution is 5.73. The van der Waals surface area contributed by atoms with Gasteiger partial charge >= 0.3 is 5.69 Å². The second-order valence-electron chi connectivity index (χ2n) is 8.51. The number of hydrogen-bond donors (Lipinski definition) is 0. The van der Waals surface area contributed by atoms with E-state index in [0.29, 0.717) is 22.4 Å². The Bertz CT molecular complexity index is 1410. The van der Waals surface area contributed by atoms with Crippen molar-refractivity contribution in [3.05, 3.63) is 92.6 Å². The minimum absolute atomic E-state index is 0.139. The van der Waals surface area contributed by atoms with E-state index in [4.69, 9.17) is 0 Å². The van der Waals surface area contributed by atoms with Gasteiger partial charge in [-0.05, 0) is 37.5 Å². The zero-order chi connectivity index (χ0) is 22.2. The molecule has 1 fully saturated rings. The molecule has 32 heavy (non-hydrogen) atoms. The Morgan fingerprint density at radius 1 is 1.00 bits per heavy atom. The van der Waals surface area contributed by atoms with Crippen molar-refractivity contribution in [2.75, 3.05) is 0 Å². The van der Waals surface area contributed by atoms with E-state index in [1.54, 1.807) is 27.3 Å². The summed E-state index contributed by atoms with van der Waals surface area (Å²) in [6.45, 7) is 2.09. The Hall–Kier alpha value is -3.48. The van der Waals surface area contributed by atoms with Crippen LogP contribution in [0.2, 0.25) is 0 Å². The lowest BCUT2D eigenvalue weighted by Crippen LogP contribution is -2.43. The number of fused-ring (bicyclic) bond motifs is 1. The van der Waals surface area contributed by atoms with Crippen LogP contribution in [0.15, 0.2) is 64.4 Å². The van der Waals surface area contributed by atoms with Crippen LogP contribution in [0.25, 0.3) is 16.9 Å². The lowest BCUT2D eigenvalue weighted by Gasteiger charge is -2.24. The van der Waals surface area contributed by atoms with E-state index in [1.807, 2.05) is 31.2 Å². The van der Waals surface area contributed by atoms with Gasteiger partial charge in [0, 0.05) is 11.6 Å². The highest BCUT2D eigenvalue weighted by Gasteiger charge is 2.25. The molecule has 1 aliphatic carbocycles. The lowest BCUT2D eigenvalue weighted by molar-refractivity contribution is 0.335. The van der Waals surface area contributed by atoms with Crippen LogP contribution in [0.4, 0.5) is 4.39 Å². The molecule has 0 amide bonds. The molecular weight excluding hydrogens is 407 g/mol. The topological polar surface area (TPSA) is 61.8 Å². The van der Waals surface area contributed by atoms with E-state index in [0.717, 1.165) is 37.7 Å². The van der Waals surface area contributed by atoms with Crippen molar-refractivity contribution >= 4 is 11.2 Å². The number of para-hydroxylation sites is 1. The maximum absolute atomic E-state index is 14.3. The molecule has 6 nitrogen and oxygen atoms in total. The van der Waals surface area contributed by atoms with Crippen molar-refractivity contribution in [3.8, 4) is 5.69 Å². The predicted molar refractivity (Wildman–Crippen MR) is 122 cm³/mol. The molecule has 5 rings (SSSR count). The molecule has 2 aromatic carbocycles. The molecule has 1 saturated carbocycles. The molecule has 0 atom stereocenters. The Balaban J connectivity index is 1.80. The fraction of sp³-hybridized carbons (Fsp3) is 0.320. The van der Waals surface area contributed by atoms with Crippen LogP contribution < -0.4 is 11.2 Å². The first kappa shape index (κ1) is 20.4. The average Bonchev–Trinajstić information content (AvgIpc) is 3.21. The number of aryl methyl sites for hydroxylation is 1. The largest absolute Gasteiger partial charge is 0.337 e. The molecule has 0 N–H and O–H groups in total. The molecule has 164 valence electrons. The smallest absolute Gasteiger partial charge is 0.320 e. The standard InChI is InChI=1S/C25H25FN4O2/c1-17-9-5-8-14-21(17)30-23-22(24(31)29(25(30)32)19-11-3-2-4-12-19)28(16-27-23)15-18-10-6-7-13-20(18)26/h5-10,13-14,16,19H,2-4,11-12,15H2,1H3. The Morgan fingerprint density at radius 2 is 1.72 bits per heavy atom. The van der Waals surface area contributed by atoms with Crippen molar-refractivity contribution in [1.82, 2.24) is 18.7 Å². The van der Waals surface area contributed by atoms with Crippen molar-refractivity contribution in [2.24, 2.45) is 0 Å². The molecule has 2 heterocycles. The van der Waals surface area contributed by atoms with E-state index in [9.17, 15) is 14.0 Å². The summed E-state index contributed by atoms with van der Waals surface area (Å²) in [6.07, 6.45) is 6.23. The zero-order valence-corrected chi connectivity index (χ0v) is 18.0. The van der Waals surface area contributed by atoms with Gasteiger partial charge in [-0.2, -0.15) is 0 Å². The fourth-order valence-electron chi connectivity index (χ4n) is 4.78. The molecule has 7 heteroatoms. The van der Waals surface area contributed by atoms with Crippen LogP contribution in [0.5, 0.6) is 0 Å². The first-order valence-corrected chi connectivity index (χ1v) is 11.1. The van der Waals surface area contributed by atoms with Crippen LogP contribution in [0.1, 0.15) is 49.3 Å². The van der Waals surface area contributed by atoms with Gasteiger partial charge in [0.1, 0.15) is 5.82 Å². The summed E-state index contributed by atoms with van der Waals surface area (Å²) in [4.78, 5) is 31.8. The first-order chi connectivity index (χ1) is 15.6. The number of hydrogen-bond acceptors (Lipinski definition) is 3. The summed E-state index contributed by atoms with van der Waals surface area (Å²) in [5, 5.41) is 0. The first-order valence-electron chi connectivity index (χ1n) is 11.1. The average molecular weight is 432 g/mol. The zero-order valence-electron chi connectivity index (χ0n) is 18.0. The van der Waals surface area contributed by atoms with Gasteiger partial charge in [-0.3, -0.25) is 9.36 Å². The highest BCUT2D eigenvalue weighted by atomic mass is 19.1. The van der Waals surface area contributed by atoms with Gasteiger partial charge in [0.2, 0.25) is 0 Å². The molecule has 2 aromatic heterocycles. The molecule has 1 aliphatic rings. The van der Waals surface area contributed by atoms with Gasteiger partial charge in [-0.1, -0.05) is 55.7 Å². The van der Waals surface area contributed by atoms with E-state index in [-0.39, 0.29) is 29.7 Å². The Labute approximate surface area is 184 Å². The van der Waals surface area contributed by atoms with Crippen LogP contribution in [0.3, 0.4) is 0 Å². The summed E-state index contributed by atoms with van der Waals surface area (Å²) in [7, 11) is 0. The number of halogens is 1. The number of nitrogens with zero attached hydrogens (tertiary/aromatic N) is 4. The van der Waals surface area contributed by atoms with E-state index >= 15 is 0 Å². The van der Waals surface area contributed by atoms with E-state index < -0.39 is 0 Å². The molecule has 0 saturated heterocycles. The molecule has 0 unspecified atom stereocenters. The van der Waals surface area contributed by atoms with Crippen LogP contribution >= 0.6 is 0 Å². The van der Waals surface area contributed by atoms with Crippen molar-refractivity contribution in [3.63, 3.8) is 0 Å². The lowest BCUT2D eigenvalue weighted by atomic mass is 9.95. The predicted octanol–water partition coefficient (Wildman–Crippen LogP) is 4.35. The molecule has 0 aliphatic heterocycles. The third-order valence-electron chi connectivity index (χ3n) is 6.44. The Morgan fingerprint density at radius 3 is 2.47 bits per heavy atom. The minimum Gasteiger partial charge on any atom is -0.320 e. The van der Waals surface area contributed by atoms with Gasteiger partial charge in [0.25, 0.3) is 5.56 Å². The number of imidazole rings is 1. The number of aromatic nitrogens is 4. The normalized spacial score (nSPS) is 14.8. The van der Waals surface area contributed by atoms with Gasteiger partial charge < -0.3 is 4.57 Å². The third-order valence-corrected chi connectivity index (χ3v) is 6.44. The van der Waals surface area contributed by atoms with Gasteiger partial charge in [-0.15, -0.1) is 0 Å². The molecule has 0 bridgehead atoms. The van der Waals surface area contributed by atoms with Crippen LogP contribution in [-0.4, -0.2) is 18.7 Å². The van der Waals surface area contributed by atoms with E-state index in [1.165, 1.54) is 17.0 Å². The maximum atomic E-state index is 14.3. The second-order valence-corrected chi connectivity index (χ2v) is 8.51. The van der Waals surface area contributed by atoms with Gasteiger partial charge in [0.15, 0.2) is 11.2 Å². The molecule has 0 radical (unpaired) electrons. The van der Waals surface area contributed by atoms with Crippen molar-refractivity contribution in [2.45, 2.75) is 51.6 Å². The summed E-state index contributed by atoms with van der Waals surface area (Å²) in [5.74, 6) is -0.339. The number of rotatable bonds is 4. The summed E-state index contributed by atoms with van der Waals surface area (Å²) in [6, 6.07) is 13.9. The maximum Gasteiger partial charge on any atom is 0.337 e. The number of benzene rings is 2. The van der Waals surface area contributed by atoms with Crippen LogP contribution in [-0.2, 0) is 6.54 Å². The summed E-state index contributed by atoms with van der Waals surface area (Å²) < 4.78 is 18.9. The Kier molecular flexibility index (Phi) is 5.25. The second kappa shape index (κ2) is 8.22. The molecule has 0 spiro atoms. The SMILES string of the molecule is Cc1ccccc1-n1c(=O)n(C2CCCCC2)c(=O)c2c1ncn2Cc1ccccc1F. The van der Waals surface area contributed by atoms with Crippen molar-refractivity contribution in [1.29, 1.82) is 0 Å². The molecule has 4 aromatic rings. The third kappa shape index (κ3) is 3.38. The fourth-order valence-corrected chi connectivity index (χ4v) is 4.78. The highest BCUT2D eigenvalue weighted by Crippen LogP contribution is 2.27. The monoisotopic (exact) mass is 432 g/mol. The summed E-state index contributed by atoms with van der Waals surface area (Å²) >= 11 is 0. The van der Waals surface area contributed by atoms with Crippen molar-refractivity contribution < 1.29 is 4.39 Å². The molecular formula is C25H25FN4O2. The van der Waals surface area contributed by atoms with Gasteiger partial charge in [-0.25, -0.2) is 18.7 Å². The minimum atomic E-state index is -0.361. The quantitative estimate of drug-likeness (QED) is 0.482. The van der Waals surface area contributed by atoms with Crippen LogP contribution in [0, 0.1) is 12.7 Å². The van der Waals surface area contributed by atoms with E-state index in [2.05, 4.69) is 4.98 Å². The summed E-state index contributed by atoms with van der Waals surface area (Å²) in [5.41, 5.74) is 1.98.